The molecule has 4 heterocycles. The number of carbonyl (C=O) groups is 2. The third kappa shape index (κ3) is 4.27. The van der Waals surface area contributed by atoms with Crippen molar-refractivity contribution in [3.8, 4) is 0 Å². The predicted molar refractivity (Wildman–Crippen MR) is 121 cm³/mol. The summed E-state index contributed by atoms with van der Waals surface area (Å²) in [6, 6.07) is 8.71. The van der Waals surface area contributed by atoms with Gasteiger partial charge in [0.1, 0.15) is 5.76 Å². The maximum absolute atomic E-state index is 12.8. The van der Waals surface area contributed by atoms with E-state index in [1.165, 1.54) is 22.2 Å². The molecule has 1 aromatic carbocycles. The third-order valence-electron chi connectivity index (χ3n) is 5.46. The zero-order valence-corrected chi connectivity index (χ0v) is 18.6. The van der Waals surface area contributed by atoms with Gasteiger partial charge in [0, 0.05) is 36.9 Å². The normalized spacial score (nSPS) is 13.2. The number of thiazole rings is 1. The van der Waals surface area contributed by atoms with Crippen LogP contribution >= 0.6 is 11.3 Å². The molecule has 4 aromatic rings. The lowest BCUT2D eigenvalue weighted by atomic mass is 10.1. The maximum atomic E-state index is 12.8. The minimum absolute atomic E-state index is 0.0437. The van der Waals surface area contributed by atoms with E-state index in [2.05, 4.69) is 20.4 Å². The van der Waals surface area contributed by atoms with Crippen molar-refractivity contribution >= 4 is 39.2 Å². The molecule has 0 bridgehead atoms. The smallest absolute Gasteiger partial charge is 0.279 e. The first kappa shape index (κ1) is 21.0. The highest BCUT2D eigenvalue weighted by Gasteiger charge is 2.25. The summed E-state index contributed by atoms with van der Waals surface area (Å²) in [5.41, 5.74) is 1.56. The van der Waals surface area contributed by atoms with Crippen molar-refractivity contribution in [3.63, 3.8) is 0 Å². The first-order chi connectivity index (χ1) is 16.0. The zero-order valence-electron chi connectivity index (χ0n) is 17.8. The van der Waals surface area contributed by atoms with Crippen molar-refractivity contribution in [3.05, 3.63) is 69.0 Å². The molecule has 10 nitrogen and oxygen atoms in total. The number of hydrogen-bond acceptors (Lipinski definition) is 8. The summed E-state index contributed by atoms with van der Waals surface area (Å²) in [5.74, 6) is 0.118. The fraction of sp³-hybridized carbons (Fsp3) is 0.273. The van der Waals surface area contributed by atoms with E-state index in [4.69, 9.17) is 4.52 Å². The number of carbonyl (C=O) groups excluding carboxylic acids is 2. The van der Waals surface area contributed by atoms with Crippen LogP contribution in [0.25, 0.3) is 10.9 Å². The number of hydrogen-bond donors (Lipinski definition) is 1. The summed E-state index contributed by atoms with van der Waals surface area (Å²) in [7, 11) is 0. The first-order valence-electron chi connectivity index (χ1n) is 10.4. The van der Waals surface area contributed by atoms with Crippen LogP contribution in [0.1, 0.15) is 33.2 Å². The Bertz CT molecular complexity index is 1420. The minimum Gasteiger partial charge on any atom is -0.361 e. The van der Waals surface area contributed by atoms with Gasteiger partial charge in [-0.3, -0.25) is 24.3 Å². The Morgan fingerprint density at radius 3 is 2.94 bits per heavy atom. The van der Waals surface area contributed by atoms with Gasteiger partial charge in [0.2, 0.25) is 5.91 Å². The van der Waals surface area contributed by atoms with Crippen LogP contribution < -0.4 is 10.9 Å². The topological polar surface area (TPSA) is 123 Å². The van der Waals surface area contributed by atoms with E-state index in [-0.39, 0.29) is 36.0 Å². The fourth-order valence-corrected chi connectivity index (χ4v) is 4.75. The van der Waals surface area contributed by atoms with Crippen molar-refractivity contribution in [2.75, 3.05) is 11.9 Å². The molecule has 0 unspecified atom stereocenters. The third-order valence-corrected chi connectivity index (χ3v) is 6.46. The Morgan fingerprint density at radius 2 is 2.12 bits per heavy atom. The highest BCUT2D eigenvalue weighted by atomic mass is 32.1. The van der Waals surface area contributed by atoms with Gasteiger partial charge in [0.05, 0.1) is 29.5 Å². The summed E-state index contributed by atoms with van der Waals surface area (Å²) in [5, 5.41) is 7.45. The standard InChI is InChI=1S/C22H20N6O4S/c1-13-10-17(26-32-13)20(30)25-22-24-16-6-8-27(11-18(16)33-22)19(29)7-9-28-12-23-15-5-3-2-4-14(15)21(28)31/h2-5,10,12H,6-9,11H2,1H3,(H,24,25,30). The van der Waals surface area contributed by atoms with Crippen molar-refractivity contribution in [2.45, 2.75) is 32.9 Å². The molecule has 0 fully saturated rings. The number of benzene rings is 1. The molecule has 11 heteroatoms. The molecular formula is C22H20N6O4S. The van der Waals surface area contributed by atoms with Crippen LogP contribution in [-0.2, 0) is 24.3 Å². The van der Waals surface area contributed by atoms with Gasteiger partial charge in [-0.25, -0.2) is 9.97 Å². The lowest BCUT2D eigenvalue weighted by Crippen LogP contribution is -2.36. The summed E-state index contributed by atoms with van der Waals surface area (Å²) in [6.45, 7) is 2.94. The van der Waals surface area contributed by atoms with Crippen LogP contribution in [0.4, 0.5) is 5.13 Å². The van der Waals surface area contributed by atoms with E-state index in [1.54, 1.807) is 36.1 Å². The number of aromatic nitrogens is 4. The predicted octanol–water partition coefficient (Wildman–Crippen LogP) is 2.38. The Labute approximate surface area is 191 Å². The molecule has 0 saturated carbocycles. The molecule has 5 rings (SSSR count). The largest absolute Gasteiger partial charge is 0.361 e. The monoisotopic (exact) mass is 464 g/mol. The van der Waals surface area contributed by atoms with Crippen LogP contribution in [0.2, 0.25) is 0 Å². The van der Waals surface area contributed by atoms with Gasteiger partial charge < -0.3 is 9.42 Å². The summed E-state index contributed by atoms with van der Waals surface area (Å²) in [6.07, 6.45) is 2.29. The molecule has 2 amide bonds. The maximum Gasteiger partial charge on any atom is 0.279 e. The van der Waals surface area contributed by atoms with E-state index < -0.39 is 0 Å². The van der Waals surface area contributed by atoms with Gasteiger partial charge in [-0.1, -0.05) is 28.6 Å². The number of para-hydroxylation sites is 1. The molecule has 0 aliphatic carbocycles. The van der Waals surface area contributed by atoms with Gasteiger partial charge >= 0.3 is 0 Å². The summed E-state index contributed by atoms with van der Waals surface area (Å²) in [4.78, 5) is 49.2. The van der Waals surface area contributed by atoms with Crippen LogP contribution in [0, 0.1) is 6.92 Å². The second-order valence-electron chi connectivity index (χ2n) is 7.74. The Kier molecular flexibility index (Phi) is 5.47. The molecule has 168 valence electrons. The number of nitrogens with one attached hydrogen (secondary N) is 1. The molecule has 0 radical (unpaired) electrons. The number of amides is 2. The van der Waals surface area contributed by atoms with Crippen LogP contribution in [0.3, 0.4) is 0 Å². The van der Waals surface area contributed by atoms with E-state index in [0.717, 1.165) is 10.6 Å². The van der Waals surface area contributed by atoms with Gasteiger partial charge in [-0.05, 0) is 19.1 Å². The molecule has 33 heavy (non-hydrogen) atoms. The van der Waals surface area contributed by atoms with E-state index in [0.29, 0.717) is 41.3 Å². The Hall–Kier alpha value is -3.86. The quantitative estimate of drug-likeness (QED) is 0.481. The number of nitrogens with zero attached hydrogens (tertiary/aromatic N) is 5. The molecule has 3 aromatic heterocycles. The highest BCUT2D eigenvalue weighted by Crippen LogP contribution is 2.29. The van der Waals surface area contributed by atoms with Gasteiger partial charge in [0.25, 0.3) is 11.5 Å². The molecule has 0 spiro atoms. The van der Waals surface area contributed by atoms with Crippen molar-refractivity contribution in [2.24, 2.45) is 0 Å². The fourth-order valence-electron chi connectivity index (χ4n) is 3.74. The molecule has 1 N–H and O–H groups in total. The van der Waals surface area contributed by atoms with E-state index >= 15 is 0 Å². The Balaban J connectivity index is 1.22. The van der Waals surface area contributed by atoms with Crippen LogP contribution in [-0.4, -0.2) is 43.0 Å². The van der Waals surface area contributed by atoms with Crippen LogP contribution in [0.5, 0.6) is 0 Å². The molecule has 1 aliphatic heterocycles. The lowest BCUT2D eigenvalue weighted by Gasteiger charge is -2.26. The van der Waals surface area contributed by atoms with Crippen LogP contribution in [0.15, 0.2) is 46.0 Å². The molecule has 0 atom stereocenters. The average Bonchev–Trinajstić information content (AvgIpc) is 3.43. The van der Waals surface area contributed by atoms with Crippen molar-refractivity contribution in [1.29, 1.82) is 0 Å². The lowest BCUT2D eigenvalue weighted by molar-refractivity contribution is -0.132. The first-order valence-corrected chi connectivity index (χ1v) is 11.2. The van der Waals surface area contributed by atoms with E-state index in [9.17, 15) is 14.4 Å². The minimum atomic E-state index is -0.389. The van der Waals surface area contributed by atoms with Gasteiger partial charge in [0.15, 0.2) is 10.8 Å². The van der Waals surface area contributed by atoms with Gasteiger partial charge in [-0.15, -0.1) is 0 Å². The van der Waals surface area contributed by atoms with E-state index in [1.807, 2.05) is 6.07 Å². The number of fused-ring (bicyclic) bond motifs is 2. The highest BCUT2D eigenvalue weighted by molar-refractivity contribution is 7.15. The van der Waals surface area contributed by atoms with Gasteiger partial charge in [-0.2, -0.15) is 0 Å². The summed E-state index contributed by atoms with van der Waals surface area (Å²) < 4.78 is 6.40. The number of aryl methyl sites for hydroxylation is 2. The SMILES string of the molecule is Cc1cc(C(=O)Nc2nc3c(s2)CN(C(=O)CCn2cnc4ccccc4c2=O)CC3)no1. The molecule has 0 saturated heterocycles. The van der Waals surface area contributed by atoms with Crippen molar-refractivity contribution < 1.29 is 14.1 Å². The summed E-state index contributed by atoms with van der Waals surface area (Å²) >= 11 is 1.34. The van der Waals surface area contributed by atoms with Crippen molar-refractivity contribution in [1.82, 2.24) is 24.6 Å². The Morgan fingerprint density at radius 1 is 1.27 bits per heavy atom. The molecular weight excluding hydrogens is 444 g/mol. The zero-order chi connectivity index (χ0) is 22.9. The molecule has 1 aliphatic rings. The number of rotatable bonds is 5. The average molecular weight is 465 g/mol. The second kappa shape index (κ2) is 8.58. The second-order valence-corrected chi connectivity index (χ2v) is 8.82. The number of anilines is 1.